The first-order valence-corrected chi connectivity index (χ1v) is 12.4. The molecule has 0 saturated heterocycles. The molecule has 168 valence electrons. The summed E-state index contributed by atoms with van der Waals surface area (Å²) in [4.78, 5) is 4.74. The molecule has 0 aromatic heterocycles. The number of sulfonamides is 1. The molecule has 0 aliphatic carbocycles. The van der Waals surface area contributed by atoms with Crippen molar-refractivity contribution in [2.24, 2.45) is 0 Å². The number of fused-ring (bicyclic) bond motifs is 1. The molecule has 1 aliphatic heterocycles. The Morgan fingerprint density at radius 2 is 1.72 bits per heavy atom. The van der Waals surface area contributed by atoms with E-state index in [9.17, 15) is 8.42 Å². The highest BCUT2D eigenvalue weighted by molar-refractivity contribution is 7.89. The number of rotatable bonds is 7. The van der Waals surface area contributed by atoms with Crippen LogP contribution in [0.4, 0.5) is 11.4 Å². The number of para-hydroxylation sites is 1. The van der Waals surface area contributed by atoms with E-state index in [1.54, 1.807) is 6.07 Å². The van der Waals surface area contributed by atoms with Crippen LogP contribution >= 0.6 is 0 Å². The van der Waals surface area contributed by atoms with Gasteiger partial charge in [-0.25, -0.2) is 13.1 Å². The molecule has 0 bridgehead atoms. The van der Waals surface area contributed by atoms with Crippen molar-refractivity contribution in [2.45, 2.75) is 31.2 Å². The summed E-state index contributed by atoms with van der Waals surface area (Å²) in [6.07, 6.45) is 0.964. The molecule has 4 rings (SSSR count). The van der Waals surface area contributed by atoms with Gasteiger partial charge in [0.15, 0.2) is 0 Å². The molecule has 0 unspecified atom stereocenters. The van der Waals surface area contributed by atoms with E-state index in [0.29, 0.717) is 11.4 Å². The molecular formula is C26H31N3O2S. The van der Waals surface area contributed by atoms with E-state index in [1.807, 2.05) is 46.1 Å². The first-order chi connectivity index (χ1) is 15.3. The van der Waals surface area contributed by atoms with Crippen LogP contribution in [0.5, 0.6) is 0 Å². The van der Waals surface area contributed by atoms with Crippen LogP contribution < -0.4 is 14.5 Å². The Morgan fingerprint density at radius 1 is 1.00 bits per heavy atom. The number of benzene rings is 3. The lowest BCUT2D eigenvalue weighted by atomic mass is 10.0. The highest BCUT2D eigenvalue weighted by Crippen LogP contribution is 2.35. The van der Waals surface area contributed by atoms with Gasteiger partial charge in [-0.1, -0.05) is 42.5 Å². The number of anilines is 2. The van der Waals surface area contributed by atoms with E-state index < -0.39 is 10.0 Å². The van der Waals surface area contributed by atoms with Crippen LogP contribution in [0.3, 0.4) is 0 Å². The normalized spacial score (nSPS) is 14.3. The molecule has 3 aromatic rings. The highest BCUT2D eigenvalue weighted by atomic mass is 32.2. The molecule has 0 saturated carbocycles. The summed E-state index contributed by atoms with van der Waals surface area (Å²) in [5, 5.41) is 0. The van der Waals surface area contributed by atoms with Crippen LogP contribution in [-0.4, -0.2) is 35.6 Å². The molecule has 1 heterocycles. The molecule has 1 N–H and O–H groups in total. The first kappa shape index (κ1) is 22.4. The van der Waals surface area contributed by atoms with Crippen LogP contribution in [0, 0.1) is 13.8 Å². The van der Waals surface area contributed by atoms with Gasteiger partial charge in [0.25, 0.3) is 0 Å². The maximum atomic E-state index is 13.2. The van der Waals surface area contributed by atoms with Gasteiger partial charge in [0.2, 0.25) is 10.0 Å². The summed E-state index contributed by atoms with van der Waals surface area (Å²) in [7, 11) is 0.401. The van der Waals surface area contributed by atoms with E-state index in [4.69, 9.17) is 0 Å². The van der Waals surface area contributed by atoms with Gasteiger partial charge in [0.05, 0.1) is 10.9 Å². The third kappa shape index (κ3) is 4.52. The van der Waals surface area contributed by atoms with E-state index in [2.05, 4.69) is 57.0 Å². The second-order valence-electron chi connectivity index (χ2n) is 8.69. The lowest BCUT2D eigenvalue weighted by Gasteiger charge is -2.31. The summed E-state index contributed by atoms with van der Waals surface area (Å²) in [5.41, 5.74) is 6.38. The Labute approximate surface area is 191 Å². The lowest BCUT2D eigenvalue weighted by Crippen LogP contribution is -2.37. The van der Waals surface area contributed by atoms with Crippen LogP contribution in [-0.2, 0) is 16.4 Å². The Bertz CT molecular complexity index is 1200. The highest BCUT2D eigenvalue weighted by Gasteiger charge is 2.29. The molecule has 0 spiro atoms. The van der Waals surface area contributed by atoms with E-state index in [1.165, 1.54) is 11.3 Å². The summed E-state index contributed by atoms with van der Waals surface area (Å²) in [6, 6.07) is 22.2. The fourth-order valence-corrected chi connectivity index (χ4v) is 5.72. The number of hydrogen-bond acceptors (Lipinski definition) is 4. The molecular weight excluding hydrogens is 418 g/mol. The van der Waals surface area contributed by atoms with Gasteiger partial charge in [0.1, 0.15) is 0 Å². The Morgan fingerprint density at radius 3 is 2.44 bits per heavy atom. The quantitative estimate of drug-likeness (QED) is 0.579. The topological polar surface area (TPSA) is 52.7 Å². The molecule has 0 fully saturated rings. The number of nitrogens with zero attached hydrogens (tertiary/aromatic N) is 2. The standard InChI is InChI=1S/C26H31N3O2S/c1-19-9-10-20(2)26(17-19)32(30,31)27-18-25(22-11-13-23(14-12-22)28(3)4)29-16-15-21-7-5-6-8-24(21)29/h5-14,17,25,27H,15-16,18H2,1-4H3/t25-/m1/s1. The monoisotopic (exact) mass is 449 g/mol. The van der Waals surface area contributed by atoms with Gasteiger partial charge in [0, 0.05) is 38.6 Å². The van der Waals surface area contributed by atoms with Crippen molar-refractivity contribution in [1.29, 1.82) is 0 Å². The SMILES string of the molecule is Cc1ccc(C)c(S(=O)(=O)NC[C@H](c2ccc(N(C)C)cc2)N2CCc3ccccc32)c1. The van der Waals surface area contributed by atoms with Crippen molar-refractivity contribution < 1.29 is 8.42 Å². The zero-order valence-corrected chi connectivity index (χ0v) is 20.0. The maximum absolute atomic E-state index is 13.2. The minimum atomic E-state index is -3.63. The minimum absolute atomic E-state index is 0.102. The summed E-state index contributed by atoms with van der Waals surface area (Å²) in [6.45, 7) is 4.91. The third-order valence-electron chi connectivity index (χ3n) is 6.19. The molecule has 1 aliphatic rings. The summed E-state index contributed by atoms with van der Waals surface area (Å²) in [5.74, 6) is 0. The van der Waals surface area contributed by atoms with Gasteiger partial charge in [-0.3, -0.25) is 0 Å². The number of aryl methyl sites for hydroxylation is 2. The van der Waals surface area contributed by atoms with Gasteiger partial charge in [-0.05, 0) is 66.8 Å². The predicted molar refractivity (Wildman–Crippen MR) is 132 cm³/mol. The third-order valence-corrected chi connectivity index (χ3v) is 7.76. The van der Waals surface area contributed by atoms with E-state index >= 15 is 0 Å². The van der Waals surface area contributed by atoms with E-state index in [0.717, 1.165) is 35.3 Å². The second kappa shape index (κ2) is 8.96. The second-order valence-corrected chi connectivity index (χ2v) is 10.4. The van der Waals surface area contributed by atoms with Crippen molar-refractivity contribution in [3.8, 4) is 0 Å². The average molecular weight is 450 g/mol. The van der Waals surface area contributed by atoms with Crippen molar-refractivity contribution in [1.82, 2.24) is 4.72 Å². The van der Waals surface area contributed by atoms with Gasteiger partial charge in [-0.15, -0.1) is 0 Å². The average Bonchev–Trinajstić information content (AvgIpc) is 3.20. The Balaban J connectivity index is 1.66. The molecule has 5 nitrogen and oxygen atoms in total. The molecule has 0 amide bonds. The lowest BCUT2D eigenvalue weighted by molar-refractivity contribution is 0.562. The van der Waals surface area contributed by atoms with E-state index in [-0.39, 0.29) is 6.04 Å². The molecule has 1 atom stereocenters. The minimum Gasteiger partial charge on any atom is -0.378 e. The van der Waals surface area contributed by atoms with Crippen LogP contribution in [0.25, 0.3) is 0 Å². The largest absolute Gasteiger partial charge is 0.378 e. The van der Waals surface area contributed by atoms with Crippen LogP contribution in [0.2, 0.25) is 0 Å². The van der Waals surface area contributed by atoms with Crippen molar-refractivity contribution in [2.75, 3.05) is 37.0 Å². The Kier molecular flexibility index (Phi) is 6.26. The van der Waals surface area contributed by atoms with Gasteiger partial charge in [-0.2, -0.15) is 0 Å². The zero-order valence-electron chi connectivity index (χ0n) is 19.2. The van der Waals surface area contributed by atoms with Crippen molar-refractivity contribution in [3.63, 3.8) is 0 Å². The van der Waals surface area contributed by atoms with Crippen LogP contribution in [0.1, 0.15) is 28.3 Å². The first-order valence-electron chi connectivity index (χ1n) is 10.9. The Hall–Kier alpha value is -2.83. The maximum Gasteiger partial charge on any atom is 0.240 e. The summed E-state index contributed by atoms with van der Waals surface area (Å²) < 4.78 is 29.3. The smallest absolute Gasteiger partial charge is 0.240 e. The molecule has 6 heteroatoms. The molecule has 3 aromatic carbocycles. The molecule has 0 radical (unpaired) electrons. The predicted octanol–water partition coefficient (Wildman–Crippen LogP) is 4.45. The van der Waals surface area contributed by atoms with Gasteiger partial charge < -0.3 is 9.80 Å². The van der Waals surface area contributed by atoms with Gasteiger partial charge >= 0.3 is 0 Å². The number of hydrogen-bond donors (Lipinski definition) is 1. The fourth-order valence-electron chi connectivity index (χ4n) is 4.35. The summed E-state index contributed by atoms with van der Waals surface area (Å²) >= 11 is 0. The molecule has 32 heavy (non-hydrogen) atoms. The van der Waals surface area contributed by atoms with Crippen LogP contribution in [0.15, 0.2) is 71.6 Å². The number of nitrogens with one attached hydrogen (secondary N) is 1. The van der Waals surface area contributed by atoms with Crippen molar-refractivity contribution >= 4 is 21.4 Å². The fraction of sp³-hybridized carbons (Fsp3) is 0.308. The zero-order chi connectivity index (χ0) is 22.9. The van der Waals surface area contributed by atoms with Crippen molar-refractivity contribution in [3.05, 3.63) is 89.0 Å².